The van der Waals surface area contributed by atoms with Crippen molar-refractivity contribution in [3.63, 3.8) is 0 Å². The Bertz CT molecular complexity index is 1720. The fourth-order valence-corrected chi connectivity index (χ4v) is 5.58. The van der Waals surface area contributed by atoms with Crippen LogP contribution in [0.3, 0.4) is 0 Å². The first-order chi connectivity index (χ1) is 20.8. The molecule has 2 aromatic heterocycles. The van der Waals surface area contributed by atoms with E-state index < -0.39 is 23.7 Å². The van der Waals surface area contributed by atoms with Crippen LogP contribution in [0.1, 0.15) is 38.1 Å². The molecule has 1 N–H and O–H groups in total. The average molecular weight is 598 g/mol. The molecule has 0 saturated carbocycles. The Hall–Kier alpha value is -5.29. The number of anilines is 1. The number of benzene rings is 2. The summed E-state index contributed by atoms with van der Waals surface area (Å²) in [7, 11) is 1.48. The number of esters is 1. The Morgan fingerprint density at radius 1 is 1.09 bits per heavy atom. The van der Waals surface area contributed by atoms with Gasteiger partial charge >= 0.3 is 11.9 Å². The van der Waals surface area contributed by atoms with Crippen molar-refractivity contribution < 1.29 is 33.7 Å². The Kier molecular flexibility index (Phi) is 8.63. The molecule has 1 fully saturated rings. The molecule has 0 radical (unpaired) electrons. The van der Waals surface area contributed by atoms with Crippen molar-refractivity contribution >= 4 is 39.9 Å². The number of aromatic nitrogens is 2. The second-order valence-corrected chi connectivity index (χ2v) is 10.4. The standard InChI is InChI=1S/C32H27N3O7S/c1-4-16-41-31(39)29-19(2)34-32(43-29)35-26(25(28(37)30(35)38)27(36)21-12-14-33-15-13-21)22-10-11-23(24(17-22)40-3)42-18-20-8-6-5-7-9-20/h4-15,17,26,36H,1,16,18H2,2-3H3. The summed E-state index contributed by atoms with van der Waals surface area (Å²) in [6, 6.07) is 16.6. The third kappa shape index (κ3) is 5.88. The van der Waals surface area contributed by atoms with Gasteiger partial charge in [0.05, 0.1) is 24.4 Å². The summed E-state index contributed by atoms with van der Waals surface area (Å²) in [6.45, 7) is 5.44. The number of nitrogens with zero attached hydrogens (tertiary/aromatic N) is 3. The molecule has 4 aromatic rings. The van der Waals surface area contributed by atoms with E-state index in [1.165, 1.54) is 42.6 Å². The van der Waals surface area contributed by atoms with Crippen LogP contribution in [0.2, 0.25) is 0 Å². The van der Waals surface area contributed by atoms with Crippen molar-refractivity contribution in [2.75, 3.05) is 18.6 Å². The number of pyridine rings is 1. The number of ether oxygens (including phenoxy) is 3. The van der Waals surface area contributed by atoms with Crippen molar-refractivity contribution in [2.24, 2.45) is 0 Å². The summed E-state index contributed by atoms with van der Waals surface area (Å²) < 4.78 is 16.8. The largest absolute Gasteiger partial charge is 0.507 e. The maximum absolute atomic E-state index is 13.6. The first-order valence-electron chi connectivity index (χ1n) is 13.2. The lowest BCUT2D eigenvalue weighted by molar-refractivity contribution is -0.132. The molecule has 218 valence electrons. The molecule has 3 heterocycles. The van der Waals surface area contributed by atoms with Crippen molar-refractivity contribution in [2.45, 2.75) is 19.6 Å². The third-order valence-electron chi connectivity index (χ3n) is 6.65. The molecule has 1 aliphatic heterocycles. The molecule has 2 aromatic carbocycles. The quantitative estimate of drug-likeness (QED) is 0.0840. The third-order valence-corrected chi connectivity index (χ3v) is 7.78. The van der Waals surface area contributed by atoms with Crippen LogP contribution in [0.15, 0.2) is 91.3 Å². The molecule has 1 atom stereocenters. The van der Waals surface area contributed by atoms with Crippen molar-refractivity contribution in [1.29, 1.82) is 0 Å². The van der Waals surface area contributed by atoms with Crippen LogP contribution >= 0.6 is 11.3 Å². The van der Waals surface area contributed by atoms with Crippen molar-refractivity contribution in [1.82, 2.24) is 9.97 Å². The number of Topliss-reactive ketones (excluding diaryl/α,β-unsaturated/α-hetero) is 1. The number of ketones is 1. The van der Waals surface area contributed by atoms with E-state index >= 15 is 0 Å². The summed E-state index contributed by atoms with van der Waals surface area (Å²) in [4.78, 5) is 49.5. The van der Waals surface area contributed by atoms with Gasteiger partial charge < -0.3 is 19.3 Å². The normalized spacial score (nSPS) is 15.8. The number of methoxy groups -OCH3 is 1. The highest BCUT2D eigenvalue weighted by atomic mass is 32.1. The Morgan fingerprint density at radius 3 is 2.53 bits per heavy atom. The van der Waals surface area contributed by atoms with Gasteiger partial charge in [-0.2, -0.15) is 0 Å². The Morgan fingerprint density at radius 2 is 1.84 bits per heavy atom. The minimum Gasteiger partial charge on any atom is -0.507 e. The monoisotopic (exact) mass is 597 g/mol. The molecule has 1 saturated heterocycles. The zero-order valence-electron chi connectivity index (χ0n) is 23.4. The minimum absolute atomic E-state index is 0.000437. The number of hydrogen-bond acceptors (Lipinski definition) is 10. The minimum atomic E-state index is -1.10. The van der Waals surface area contributed by atoms with E-state index in [1.54, 1.807) is 25.1 Å². The van der Waals surface area contributed by atoms with Crippen LogP contribution in [0, 0.1) is 6.92 Å². The number of carbonyl (C=O) groups excluding carboxylic acids is 3. The average Bonchev–Trinajstić information content (AvgIpc) is 3.55. The van der Waals surface area contributed by atoms with Crippen LogP contribution < -0.4 is 14.4 Å². The molecule has 5 rings (SSSR count). The van der Waals surface area contributed by atoms with Gasteiger partial charge in [0.25, 0.3) is 5.78 Å². The predicted molar refractivity (Wildman–Crippen MR) is 160 cm³/mol. The molecule has 1 unspecified atom stereocenters. The van der Waals surface area contributed by atoms with Crippen LogP contribution in [-0.2, 0) is 20.9 Å². The topological polar surface area (TPSA) is 128 Å². The lowest BCUT2D eigenvalue weighted by Gasteiger charge is -2.24. The van der Waals surface area contributed by atoms with E-state index in [0.717, 1.165) is 16.9 Å². The maximum atomic E-state index is 13.6. The second-order valence-electron chi connectivity index (χ2n) is 9.39. The van der Waals surface area contributed by atoms with Gasteiger partial charge in [0.15, 0.2) is 16.6 Å². The number of aryl methyl sites for hydroxylation is 1. The molecular weight excluding hydrogens is 570 g/mol. The second kappa shape index (κ2) is 12.7. The summed E-state index contributed by atoms with van der Waals surface area (Å²) in [5, 5.41) is 11.4. The summed E-state index contributed by atoms with van der Waals surface area (Å²) in [5.74, 6) is -2.04. The lowest BCUT2D eigenvalue weighted by atomic mass is 9.95. The van der Waals surface area contributed by atoms with E-state index in [2.05, 4.69) is 16.5 Å². The van der Waals surface area contributed by atoms with Crippen LogP contribution in [-0.4, -0.2) is 46.5 Å². The molecule has 0 aliphatic carbocycles. The number of carbonyl (C=O) groups is 3. The summed E-state index contributed by atoms with van der Waals surface area (Å²) in [6.07, 6.45) is 4.37. The smallest absolute Gasteiger partial charge is 0.350 e. The van der Waals surface area contributed by atoms with Crippen molar-refractivity contribution in [3.05, 3.63) is 119 Å². The fraction of sp³-hybridized carbons (Fsp3) is 0.156. The highest BCUT2D eigenvalue weighted by Crippen LogP contribution is 2.45. The van der Waals surface area contributed by atoms with E-state index in [9.17, 15) is 19.5 Å². The zero-order valence-corrected chi connectivity index (χ0v) is 24.2. The van der Waals surface area contributed by atoms with Gasteiger partial charge in [0, 0.05) is 18.0 Å². The number of aliphatic hydroxyl groups excluding tert-OH is 1. The van der Waals surface area contributed by atoms with Gasteiger partial charge in [-0.05, 0) is 42.3 Å². The van der Waals surface area contributed by atoms with E-state index in [4.69, 9.17) is 14.2 Å². The summed E-state index contributed by atoms with van der Waals surface area (Å²) >= 11 is 0.911. The number of rotatable bonds is 10. The van der Waals surface area contributed by atoms with Gasteiger partial charge in [-0.15, -0.1) is 0 Å². The number of thiazole rings is 1. The zero-order chi connectivity index (χ0) is 30.5. The lowest BCUT2D eigenvalue weighted by Crippen LogP contribution is -2.29. The van der Waals surface area contributed by atoms with Gasteiger partial charge in [-0.25, -0.2) is 9.78 Å². The fourth-order valence-electron chi connectivity index (χ4n) is 4.59. The van der Waals surface area contributed by atoms with Crippen LogP contribution in [0.25, 0.3) is 5.76 Å². The van der Waals surface area contributed by atoms with Crippen LogP contribution in [0.5, 0.6) is 11.5 Å². The predicted octanol–water partition coefficient (Wildman–Crippen LogP) is 5.40. The number of hydrogen-bond donors (Lipinski definition) is 1. The molecule has 43 heavy (non-hydrogen) atoms. The molecule has 0 bridgehead atoms. The highest BCUT2D eigenvalue weighted by Gasteiger charge is 2.48. The number of amides is 1. The molecule has 0 spiro atoms. The molecule has 10 nitrogen and oxygen atoms in total. The Balaban J connectivity index is 1.61. The first-order valence-corrected chi connectivity index (χ1v) is 14.0. The summed E-state index contributed by atoms with van der Waals surface area (Å²) in [5.41, 5.74) is 1.88. The van der Waals surface area contributed by atoms with Gasteiger partial charge in [-0.1, -0.05) is 60.4 Å². The van der Waals surface area contributed by atoms with E-state index in [1.807, 2.05) is 30.3 Å². The molecule has 1 aliphatic rings. The van der Waals surface area contributed by atoms with Crippen molar-refractivity contribution in [3.8, 4) is 11.5 Å². The Labute approximate surface area is 251 Å². The van der Waals surface area contributed by atoms with Gasteiger partial charge in [0.2, 0.25) is 0 Å². The SMILES string of the molecule is C=CCOC(=O)c1sc(N2C(=O)C(=O)C(=C(O)c3ccncc3)C2c2ccc(OCc3ccccc3)c(OC)c2)nc1C. The van der Waals surface area contributed by atoms with Crippen LogP contribution in [0.4, 0.5) is 5.13 Å². The van der Waals surface area contributed by atoms with Gasteiger partial charge in [0.1, 0.15) is 23.9 Å². The first kappa shape index (κ1) is 29.2. The van der Waals surface area contributed by atoms with Gasteiger partial charge in [-0.3, -0.25) is 19.5 Å². The highest BCUT2D eigenvalue weighted by molar-refractivity contribution is 7.17. The molecule has 11 heteroatoms. The molecule has 1 amide bonds. The molecular formula is C32H27N3O7S. The number of aliphatic hydroxyl groups is 1. The van der Waals surface area contributed by atoms with E-state index in [0.29, 0.717) is 34.9 Å². The van der Waals surface area contributed by atoms with E-state index in [-0.39, 0.29) is 27.9 Å². The maximum Gasteiger partial charge on any atom is 0.350 e.